The quantitative estimate of drug-likeness (QED) is 0.854. The molecule has 0 aliphatic heterocycles. The zero-order valence-corrected chi connectivity index (χ0v) is 11.9. The summed E-state index contributed by atoms with van der Waals surface area (Å²) in [5.41, 5.74) is -0.0522. The molecule has 0 aromatic carbocycles. The Bertz CT molecular complexity index is 538. The third kappa shape index (κ3) is 3.40. The third-order valence-corrected chi connectivity index (χ3v) is 4.32. The van der Waals surface area contributed by atoms with Gasteiger partial charge in [0.2, 0.25) is 5.91 Å². The van der Waals surface area contributed by atoms with Crippen LogP contribution in [-0.4, -0.2) is 38.0 Å². The number of carboxylic acid groups (broad SMARTS) is 1. The number of amides is 1. The Morgan fingerprint density at radius 3 is 2.71 bits per heavy atom. The van der Waals surface area contributed by atoms with Gasteiger partial charge in [-0.25, -0.2) is 9.48 Å². The van der Waals surface area contributed by atoms with Crippen LogP contribution in [0.15, 0.2) is 6.20 Å². The predicted molar refractivity (Wildman–Crippen MR) is 73.8 cm³/mol. The number of carbonyl (C=O) groups is 2. The molecule has 7 nitrogen and oxygen atoms in total. The van der Waals surface area contributed by atoms with Gasteiger partial charge in [-0.05, 0) is 31.6 Å². The van der Waals surface area contributed by atoms with Gasteiger partial charge >= 0.3 is 5.97 Å². The molecule has 2 N–H and O–H groups in total. The maximum Gasteiger partial charge on any atom is 0.358 e. The molecule has 7 heteroatoms. The van der Waals surface area contributed by atoms with E-state index in [0.29, 0.717) is 12.3 Å². The molecule has 114 valence electrons. The van der Waals surface area contributed by atoms with E-state index in [1.165, 1.54) is 6.20 Å². The fourth-order valence-electron chi connectivity index (χ4n) is 2.98. The topological polar surface area (TPSA) is 97.1 Å². The maximum absolute atomic E-state index is 12.0. The van der Waals surface area contributed by atoms with E-state index in [1.54, 1.807) is 4.68 Å². The Morgan fingerprint density at radius 1 is 1.29 bits per heavy atom. The van der Waals surface area contributed by atoms with Gasteiger partial charge in [0.25, 0.3) is 0 Å². The summed E-state index contributed by atoms with van der Waals surface area (Å²) < 4.78 is 1.60. The van der Waals surface area contributed by atoms with Crippen molar-refractivity contribution in [3.63, 3.8) is 0 Å². The number of hydrogen-bond acceptors (Lipinski definition) is 4. The maximum atomic E-state index is 12.0. The Balaban J connectivity index is 1.67. The van der Waals surface area contributed by atoms with Gasteiger partial charge in [0.15, 0.2) is 5.69 Å². The summed E-state index contributed by atoms with van der Waals surface area (Å²) in [5, 5.41) is 19.6. The highest BCUT2D eigenvalue weighted by Gasteiger charge is 2.31. The fraction of sp³-hybridized carbons (Fsp3) is 0.714. The number of aromatic carboxylic acids is 1. The second-order valence-electron chi connectivity index (χ2n) is 6.06. The number of carbonyl (C=O) groups excluding carboxylic acids is 1. The Labute approximate surface area is 122 Å². The highest BCUT2D eigenvalue weighted by molar-refractivity contribution is 5.84. The van der Waals surface area contributed by atoms with Gasteiger partial charge in [0, 0.05) is 6.42 Å². The largest absolute Gasteiger partial charge is 0.476 e. The Kier molecular flexibility index (Phi) is 3.90. The number of carboxylic acids is 1. The number of rotatable bonds is 5. The zero-order chi connectivity index (χ0) is 14.8. The van der Waals surface area contributed by atoms with Gasteiger partial charge in [-0.2, -0.15) is 0 Å². The summed E-state index contributed by atoms with van der Waals surface area (Å²) >= 11 is 0. The van der Waals surface area contributed by atoms with Crippen molar-refractivity contribution < 1.29 is 14.7 Å². The Morgan fingerprint density at radius 2 is 2.05 bits per heavy atom. The van der Waals surface area contributed by atoms with Crippen molar-refractivity contribution >= 4 is 11.9 Å². The van der Waals surface area contributed by atoms with Crippen LogP contribution in [-0.2, 0) is 4.79 Å². The van der Waals surface area contributed by atoms with Crippen molar-refractivity contribution in [2.75, 3.05) is 0 Å². The summed E-state index contributed by atoms with van der Waals surface area (Å²) in [6, 6.07) is 0.0239. The van der Waals surface area contributed by atoms with Gasteiger partial charge in [0.1, 0.15) is 0 Å². The molecule has 2 fully saturated rings. The van der Waals surface area contributed by atoms with Crippen LogP contribution in [0, 0.1) is 5.92 Å². The van der Waals surface area contributed by atoms with Crippen molar-refractivity contribution in [3.8, 4) is 0 Å². The molecule has 0 bridgehead atoms. The highest BCUT2D eigenvalue weighted by Crippen LogP contribution is 2.33. The van der Waals surface area contributed by atoms with Crippen LogP contribution >= 0.6 is 0 Å². The number of nitrogens with zero attached hydrogens (tertiary/aromatic N) is 3. The van der Waals surface area contributed by atoms with Gasteiger partial charge in [0.05, 0.1) is 18.3 Å². The van der Waals surface area contributed by atoms with Crippen LogP contribution in [0.5, 0.6) is 0 Å². The van der Waals surface area contributed by atoms with Crippen LogP contribution < -0.4 is 5.32 Å². The van der Waals surface area contributed by atoms with Crippen molar-refractivity contribution in [2.45, 2.75) is 57.0 Å². The van der Waals surface area contributed by atoms with E-state index in [9.17, 15) is 9.59 Å². The van der Waals surface area contributed by atoms with Gasteiger partial charge < -0.3 is 10.4 Å². The molecule has 0 radical (unpaired) electrons. The molecule has 0 saturated heterocycles. The van der Waals surface area contributed by atoms with E-state index in [1.807, 2.05) is 0 Å². The zero-order valence-electron chi connectivity index (χ0n) is 11.9. The summed E-state index contributed by atoms with van der Waals surface area (Å²) in [4.78, 5) is 22.9. The average Bonchev–Trinajstić information content (AvgIpc) is 3.12. The van der Waals surface area contributed by atoms with Crippen LogP contribution in [0.3, 0.4) is 0 Å². The molecule has 1 aromatic rings. The van der Waals surface area contributed by atoms with Crippen LogP contribution in [0.1, 0.15) is 61.5 Å². The van der Waals surface area contributed by atoms with E-state index >= 15 is 0 Å². The molecule has 21 heavy (non-hydrogen) atoms. The average molecular weight is 292 g/mol. The number of hydrogen-bond donors (Lipinski definition) is 2. The summed E-state index contributed by atoms with van der Waals surface area (Å²) in [5.74, 6) is -0.406. The minimum absolute atomic E-state index is 0.00232. The first-order chi connectivity index (χ1) is 10.1. The van der Waals surface area contributed by atoms with E-state index in [2.05, 4.69) is 15.6 Å². The van der Waals surface area contributed by atoms with E-state index in [0.717, 1.165) is 38.5 Å². The second-order valence-corrected chi connectivity index (χ2v) is 6.06. The predicted octanol–water partition coefficient (Wildman–Crippen LogP) is 1.38. The molecular weight excluding hydrogens is 272 g/mol. The van der Waals surface area contributed by atoms with E-state index in [-0.39, 0.29) is 23.7 Å². The molecule has 2 aliphatic carbocycles. The smallest absolute Gasteiger partial charge is 0.358 e. The Hall–Kier alpha value is -1.92. The van der Waals surface area contributed by atoms with E-state index < -0.39 is 5.97 Å². The molecule has 1 amide bonds. The van der Waals surface area contributed by atoms with Crippen LogP contribution in [0.2, 0.25) is 0 Å². The molecule has 0 unspecified atom stereocenters. The molecule has 2 aliphatic rings. The molecule has 1 heterocycles. The fourth-order valence-corrected chi connectivity index (χ4v) is 2.98. The lowest BCUT2D eigenvalue weighted by Gasteiger charge is -2.32. The summed E-state index contributed by atoms with van der Waals surface area (Å²) in [6.07, 6.45) is 8.31. The molecule has 2 saturated carbocycles. The molecule has 3 rings (SSSR count). The first kappa shape index (κ1) is 14.0. The van der Waals surface area contributed by atoms with E-state index in [4.69, 9.17) is 5.11 Å². The van der Waals surface area contributed by atoms with Crippen molar-refractivity contribution in [1.29, 1.82) is 0 Å². The van der Waals surface area contributed by atoms with Crippen LogP contribution in [0.4, 0.5) is 0 Å². The van der Waals surface area contributed by atoms with Crippen LogP contribution in [0.25, 0.3) is 0 Å². The van der Waals surface area contributed by atoms with Gasteiger partial charge in [-0.1, -0.05) is 18.1 Å². The minimum atomic E-state index is -1.08. The lowest BCUT2D eigenvalue weighted by atomic mass is 9.90. The molecular formula is C14H20N4O3. The van der Waals surface area contributed by atoms with Crippen molar-refractivity contribution in [1.82, 2.24) is 20.3 Å². The minimum Gasteiger partial charge on any atom is -0.476 e. The first-order valence-corrected chi connectivity index (χ1v) is 7.58. The van der Waals surface area contributed by atoms with Crippen molar-refractivity contribution in [3.05, 3.63) is 11.9 Å². The highest BCUT2D eigenvalue weighted by atomic mass is 16.4. The molecule has 1 aromatic heterocycles. The lowest BCUT2D eigenvalue weighted by Crippen LogP contribution is -2.43. The second kappa shape index (κ2) is 5.83. The monoisotopic (exact) mass is 292 g/mol. The SMILES string of the molecule is O=C(CC1CC1)N[C@H]1CCCC[C@H]1n1cc(C(=O)O)nn1. The third-order valence-electron chi connectivity index (χ3n) is 4.32. The molecule has 0 spiro atoms. The number of nitrogens with one attached hydrogen (secondary N) is 1. The summed E-state index contributed by atoms with van der Waals surface area (Å²) in [7, 11) is 0. The number of aromatic nitrogens is 3. The lowest BCUT2D eigenvalue weighted by molar-refractivity contribution is -0.122. The van der Waals surface area contributed by atoms with Crippen molar-refractivity contribution in [2.24, 2.45) is 5.92 Å². The van der Waals surface area contributed by atoms with Gasteiger partial charge in [-0.15, -0.1) is 5.10 Å². The molecule has 2 atom stereocenters. The normalized spacial score (nSPS) is 25.5. The first-order valence-electron chi connectivity index (χ1n) is 7.58. The standard InChI is InChI=1S/C14H20N4O3/c19-13(7-9-5-6-9)15-10-3-1-2-4-12(10)18-8-11(14(20)21)16-17-18/h8-10,12H,1-7H2,(H,15,19)(H,20,21)/t10-,12+/m0/s1. The van der Waals surface area contributed by atoms with Gasteiger partial charge in [-0.3, -0.25) is 4.79 Å². The summed E-state index contributed by atoms with van der Waals surface area (Å²) in [6.45, 7) is 0.